The average molecular weight is 343 g/mol. The Morgan fingerprint density at radius 1 is 1.04 bits per heavy atom. The topological polar surface area (TPSA) is 100 Å². The Morgan fingerprint density at radius 2 is 1.80 bits per heavy atom. The molecule has 0 spiro atoms. The summed E-state index contributed by atoms with van der Waals surface area (Å²) >= 11 is 0. The van der Waals surface area contributed by atoms with Crippen LogP contribution in [0.1, 0.15) is 23.0 Å². The Labute approximate surface area is 145 Å². The first-order chi connectivity index (χ1) is 12.1. The summed E-state index contributed by atoms with van der Waals surface area (Å²) in [7, 11) is 0. The van der Waals surface area contributed by atoms with Gasteiger partial charge in [-0.1, -0.05) is 30.3 Å². The smallest absolute Gasteiger partial charge is 0.287 e. The standard InChI is InChI=1S/C18H21N3O4/c1-2-19-16(22)12-20-17(23)14(11-13-7-4-3-5-8-13)21-18(24)15-9-6-10-25-15/h3-10,14H,2,11-12H2,1H3,(H,19,22)(H,20,23)(H,21,24). The fourth-order valence-electron chi connectivity index (χ4n) is 2.25. The number of carbonyl (C=O) groups excluding carboxylic acids is 3. The van der Waals surface area contributed by atoms with Gasteiger partial charge in [-0.2, -0.15) is 0 Å². The summed E-state index contributed by atoms with van der Waals surface area (Å²) in [5.41, 5.74) is 0.889. The van der Waals surface area contributed by atoms with Gasteiger partial charge in [0.2, 0.25) is 11.8 Å². The maximum Gasteiger partial charge on any atom is 0.287 e. The third kappa shape index (κ3) is 5.80. The predicted molar refractivity (Wildman–Crippen MR) is 91.8 cm³/mol. The van der Waals surface area contributed by atoms with E-state index in [4.69, 9.17) is 4.42 Å². The fourth-order valence-corrected chi connectivity index (χ4v) is 2.25. The minimum atomic E-state index is -0.825. The van der Waals surface area contributed by atoms with Gasteiger partial charge in [0.25, 0.3) is 5.91 Å². The van der Waals surface area contributed by atoms with Gasteiger partial charge in [-0.05, 0) is 24.6 Å². The highest BCUT2D eigenvalue weighted by Crippen LogP contribution is 2.06. The number of benzene rings is 1. The van der Waals surface area contributed by atoms with Crippen molar-refractivity contribution in [1.82, 2.24) is 16.0 Å². The summed E-state index contributed by atoms with van der Waals surface area (Å²) in [6.07, 6.45) is 1.69. The van der Waals surface area contributed by atoms with Gasteiger partial charge in [0.05, 0.1) is 12.8 Å². The lowest BCUT2D eigenvalue weighted by molar-refractivity contribution is -0.127. The molecule has 1 unspecified atom stereocenters. The van der Waals surface area contributed by atoms with Crippen LogP contribution in [0.3, 0.4) is 0 Å². The lowest BCUT2D eigenvalue weighted by Gasteiger charge is -2.18. The van der Waals surface area contributed by atoms with Crippen LogP contribution >= 0.6 is 0 Å². The van der Waals surface area contributed by atoms with Crippen LogP contribution in [0, 0.1) is 0 Å². The van der Waals surface area contributed by atoms with Crippen molar-refractivity contribution in [3.05, 3.63) is 60.1 Å². The molecule has 7 nitrogen and oxygen atoms in total. The summed E-state index contributed by atoms with van der Waals surface area (Å²) in [4.78, 5) is 36.1. The molecule has 3 amide bonds. The second kappa shape index (κ2) is 9.27. The maximum atomic E-state index is 12.4. The normalized spacial score (nSPS) is 11.4. The molecule has 1 heterocycles. The zero-order valence-electron chi connectivity index (χ0n) is 14.0. The molecule has 0 aliphatic rings. The van der Waals surface area contributed by atoms with E-state index in [0.29, 0.717) is 13.0 Å². The summed E-state index contributed by atoms with van der Waals surface area (Å²) in [6, 6.07) is 11.6. The quantitative estimate of drug-likeness (QED) is 0.662. The molecule has 1 aromatic heterocycles. The molecule has 0 saturated heterocycles. The lowest BCUT2D eigenvalue weighted by Crippen LogP contribution is -2.50. The van der Waals surface area contributed by atoms with Crippen molar-refractivity contribution in [2.24, 2.45) is 0 Å². The Bertz CT molecular complexity index is 698. The van der Waals surface area contributed by atoms with Gasteiger partial charge in [-0.15, -0.1) is 0 Å². The molecule has 132 valence electrons. The van der Waals surface area contributed by atoms with Crippen LogP contribution in [0.15, 0.2) is 53.1 Å². The van der Waals surface area contributed by atoms with Crippen molar-refractivity contribution in [3.8, 4) is 0 Å². The van der Waals surface area contributed by atoms with E-state index in [9.17, 15) is 14.4 Å². The molecule has 2 rings (SSSR count). The summed E-state index contributed by atoms with van der Waals surface area (Å²) < 4.78 is 5.05. The van der Waals surface area contributed by atoms with Gasteiger partial charge in [-0.25, -0.2) is 0 Å². The molecule has 0 aliphatic carbocycles. The van der Waals surface area contributed by atoms with Crippen LogP contribution in [-0.4, -0.2) is 36.9 Å². The molecule has 1 aromatic carbocycles. The van der Waals surface area contributed by atoms with Crippen molar-refractivity contribution in [2.75, 3.05) is 13.1 Å². The Morgan fingerprint density at radius 3 is 2.44 bits per heavy atom. The molecule has 0 fully saturated rings. The monoisotopic (exact) mass is 343 g/mol. The minimum Gasteiger partial charge on any atom is -0.459 e. The highest BCUT2D eigenvalue weighted by atomic mass is 16.3. The van der Waals surface area contributed by atoms with Crippen molar-refractivity contribution < 1.29 is 18.8 Å². The first-order valence-electron chi connectivity index (χ1n) is 8.03. The van der Waals surface area contributed by atoms with E-state index in [1.165, 1.54) is 12.3 Å². The van der Waals surface area contributed by atoms with Gasteiger partial charge in [0, 0.05) is 13.0 Å². The number of amides is 3. The second-order valence-electron chi connectivity index (χ2n) is 5.36. The molecular weight excluding hydrogens is 322 g/mol. The molecular formula is C18H21N3O4. The largest absolute Gasteiger partial charge is 0.459 e. The molecule has 7 heteroatoms. The molecule has 0 radical (unpaired) electrons. The van der Waals surface area contributed by atoms with Crippen LogP contribution in [0.5, 0.6) is 0 Å². The Balaban J connectivity index is 2.04. The van der Waals surface area contributed by atoms with Gasteiger partial charge in [0.15, 0.2) is 5.76 Å². The van der Waals surface area contributed by atoms with E-state index in [1.54, 1.807) is 13.0 Å². The lowest BCUT2D eigenvalue weighted by atomic mass is 10.1. The molecule has 2 aromatic rings. The number of likely N-dealkylation sites (N-methyl/N-ethyl adjacent to an activating group) is 1. The summed E-state index contributed by atoms with van der Waals surface area (Å²) in [6.45, 7) is 2.13. The van der Waals surface area contributed by atoms with Crippen LogP contribution in [0.2, 0.25) is 0 Å². The van der Waals surface area contributed by atoms with Crippen molar-refractivity contribution >= 4 is 17.7 Å². The van der Waals surface area contributed by atoms with E-state index in [1.807, 2.05) is 30.3 Å². The zero-order chi connectivity index (χ0) is 18.1. The minimum absolute atomic E-state index is 0.120. The van der Waals surface area contributed by atoms with Crippen LogP contribution in [0.25, 0.3) is 0 Å². The fraction of sp³-hybridized carbons (Fsp3) is 0.278. The van der Waals surface area contributed by atoms with Crippen molar-refractivity contribution in [3.63, 3.8) is 0 Å². The van der Waals surface area contributed by atoms with Crippen molar-refractivity contribution in [1.29, 1.82) is 0 Å². The van der Waals surface area contributed by atoms with Gasteiger partial charge < -0.3 is 20.4 Å². The average Bonchev–Trinajstić information content (AvgIpc) is 3.15. The molecule has 0 bridgehead atoms. The number of rotatable bonds is 8. The predicted octanol–water partition coefficient (Wildman–Crippen LogP) is 0.873. The summed E-state index contributed by atoms with van der Waals surface area (Å²) in [5, 5.41) is 7.79. The number of carbonyl (C=O) groups is 3. The number of hydrogen-bond donors (Lipinski definition) is 3. The second-order valence-corrected chi connectivity index (χ2v) is 5.36. The molecule has 25 heavy (non-hydrogen) atoms. The van der Waals surface area contributed by atoms with Crippen LogP contribution in [0.4, 0.5) is 0 Å². The molecule has 3 N–H and O–H groups in total. The van der Waals surface area contributed by atoms with Gasteiger partial charge in [0.1, 0.15) is 6.04 Å². The third-order valence-corrected chi connectivity index (χ3v) is 3.45. The molecule has 0 aliphatic heterocycles. The van der Waals surface area contributed by atoms with Crippen molar-refractivity contribution in [2.45, 2.75) is 19.4 Å². The third-order valence-electron chi connectivity index (χ3n) is 3.45. The highest BCUT2D eigenvalue weighted by molar-refractivity contribution is 5.96. The first-order valence-corrected chi connectivity index (χ1v) is 8.03. The number of hydrogen-bond acceptors (Lipinski definition) is 4. The van der Waals surface area contributed by atoms with Gasteiger partial charge in [-0.3, -0.25) is 14.4 Å². The zero-order valence-corrected chi connectivity index (χ0v) is 14.0. The van der Waals surface area contributed by atoms with E-state index >= 15 is 0 Å². The van der Waals surface area contributed by atoms with Gasteiger partial charge >= 0.3 is 0 Å². The van der Waals surface area contributed by atoms with E-state index in [-0.39, 0.29) is 18.2 Å². The van der Waals surface area contributed by atoms with E-state index in [0.717, 1.165) is 5.56 Å². The van der Waals surface area contributed by atoms with Crippen LogP contribution < -0.4 is 16.0 Å². The first kappa shape index (κ1) is 18.3. The van der Waals surface area contributed by atoms with Crippen LogP contribution in [-0.2, 0) is 16.0 Å². The Hall–Kier alpha value is -3.09. The highest BCUT2D eigenvalue weighted by Gasteiger charge is 2.23. The maximum absolute atomic E-state index is 12.4. The molecule has 1 atom stereocenters. The van der Waals surface area contributed by atoms with E-state index < -0.39 is 17.9 Å². The number of furan rings is 1. The SMILES string of the molecule is CCNC(=O)CNC(=O)C(Cc1ccccc1)NC(=O)c1ccco1. The van der Waals surface area contributed by atoms with E-state index in [2.05, 4.69) is 16.0 Å². The summed E-state index contributed by atoms with van der Waals surface area (Å²) in [5.74, 6) is -1.09. The number of nitrogens with one attached hydrogen (secondary N) is 3. The Kier molecular flexibility index (Phi) is 6.76. The molecule has 0 saturated carbocycles.